The van der Waals surface area contributed by atoms with Crippen LogP contribution in [0.2, 0.25) is 0 Å². The fraction of sp³-hybridized carbons (Fsp3) is 0.600. The van der Waals surface area contributed by atoms with E-state index in [4.69, 9.17) is 5.84 Å². The minimum atomic E-state index is -0.0953. The lowest BCUT2D eigenvalue weighted by atomic mass is 10.1. The number of rotatable bonds is 7. The Kier molecular flexibility index (Phi) is 6.58. The highest BCUT2D eigenvalue weighted by molar-refractivity contribution is 5.95. The highest BCUT2D eigenvalue weighted by Crippen LogP contribution is 2.17. The molecule has 6 heteroatoms. The number of amides is 1. The lowest BCUT2D eigenvalue weighted by Gasteiger charge is -2.17. The molecule has 0 fully saturated rings. The summed E-state index contributed by atoms with van der Waals surface area (Å²) in [5.74, 6) is 6.06. The maximum absolute atomic E-state index is 12.3. The molecule has 0 saturated heterocycles. The minimum absolute atomic E-state index is 0.0953. The van der Waals surface area contributed by atoms with Crippen LogP contribution in [0.5, 0.6) is 0 Å². The molecule has 0 saturated carbocycles. The average molecular weight is 293 g/mol. The fourth-order valence-electron chi connectivity index (χ4n) is 1.88. The first-order chi connectivity index (χ1) is 9.83. The summed E-state index contributed by atoms with van der Waals surface area (Å²) in [6.45, 7) is 7.01. The van der Waals surface area contributed by atoms with Gasteiger partial charge in [0.25, 0.3) is 5.91 Å². The molecule has 0 spiro atoms. The number of carbonyl (C=O) groups is 1. The molecule has 1 unspecified atom stereocenters. The Morgan fingerprint density at radius 1 is 1.33 bits per heavy atom. The third kappa shape index (κ3) is 5.69. The Morgan fingerprint density at radius 3 is 2.52 bits per heavy atom. The molecule has 21 heavy (non-hydrogen) atoms. The third-order valence-electron chi connectivity index (χ3n) is 3.23. The molecule has 1 rings (SSSR count). The van der Waals surface area contributed by atoms with Crippen LogP contribution in [0.1, 0.15) is 49.2 Å². The van der Waals surface area contributed by atoms with Crippen LogP contribution in [0.3, 0.4) is 0 Å². The van der Waals surface area contributed by atoms with Crippen LogP contribution in [0.4, 0.5) is 5.82 Å². The summed E-state index contributed by atoms with van der Waals surface area (Å²) in [4.78, 5) is 18.8. The van der Waals surface area contributed by atoms with Crippen molar-refractivity contribution in [2.75, 3.05) is 26.1 Å². The number of hydrazine groups is 1. The van der Waals surface area contributed by atoms with Crippen molar-refractivity contribution in [3.63, 3.8) is 0 Å². The SMILES string of the molecule is CC(CCN(C)C)NC(=O)c1cc(NN)nc(C(C)C)c1. The summed E-state index contributed by atoms with van der Waals surface area (Å²) < 4.78 is 0. The maximum atomic E-state index is 12.3. The van der Waals surface area contributed by atoms with Crippen LogP contribution < -0.4 is 16.6 Å². The molecule has 6 nitrogen and oxygen atoms in total. The van der Waals surface area contributed by atoms with Crippen molar-refractivity contribution in [3.8, 4) is 0 Å². The summed E-state index contributed by atoms with van der Waals surface area (Å²) in [6, 6.07) is 3.60. The Morgan fingerprint density at radius 2 is 2.00 bits per heavy atom. The van der Waals surface area contributed by atoms with Crippen molar-refractivity contribution in [2.24, 2.45) is 5.84 Å². The van der Waals surface area contributed by atoms with Gasteiger partial charge in [-0.25, -0.2) is 10.8 Å². The zero-order valence-corrected chi connectivity index (χ0v) is 13.6. The smallest absolute Gasteiger partial charge is 0.251 e. The quantitative estimate of drug-likeness (QED) is 0.525. The Balaban J connectivity index is 2.79. The predicted molar refractivity (Wildman–Crippen MR) is 86.2 cm³/mol. The number of hydrogen-bond donors (Lipinski definition) is 3. The van der Waals surface area contributed by atoms with E-state index < -0.39 is 0 Å². The van der Waals surface area contributed by atoms with Crippen LogP contribution in [0.15, 0.2) is 12.1 Å². The number of anilines is 1. The van der Waals surface area contributed by atoms with E-state index in [1.54, 1.807) is 6.07 Å². The van der Waals surface area contributed by atoms with E-state index in [2.05, 4.69) is 20.6 Å². The molecule has 0 aliphatic heterocycles. The average Bonchev–Trinajstić information content (AvgIpc) is 2.44. The number of hydrogen-bond acceptors (Lipinski definition) is 5. The summed E-state index contributed by atoms with van der Waals surface area (Å²) >= 11 is 0. The lowest BCUT2D eigenvalue weighted by Crippen LogP contribution is -2.35. The van der Waals surface area contributed by atoms with E-state index in [-0.39, 0.29) is 17.9 Å². The standard InChI is InChI=1S/C15H27N5O/c1-10(2)13-8-12(9-14(18-13)19-16)15(21)17-11(3)6-7-20(4)5/h8-11H,6-7,16H2,1-5H3,(H,17,21)(H,18,19). The zero-order chi connectivity index (χ0) is 16.0. The van der Waals surface area contributed by atoms with Gasteiger partial charge in [0.05, 0.1) is 0 Å². The molecule has 0 bridgehead atoms. The summed E-state index contributed by atoms with van der Waals surface area (Å²) in [6.07, 6.45) is 0.906. The monoisotopic (exact) mass is 293 g/mol. The van der Waals surface area contributed by atoms with Gasteiger partial charge in [0.2, 0.25) is 0 Å². The van der Waals surface area contributed by atoms with Crippen LogP contribution >= 0.6 is 0 Å². The van der Waals surface area contributed by atoms with Crippen molar-refractivity contribution in [1.29, 1.82) is 0 Å². The highest BCUT2D eigenvalue weighted by Gasteiger charge is 2.14. The molecule has 0 aliphatic rings. The van der Waals surface area contributed by atoms with Crippen molar-refractivity contribution in [1.82, 2.24) is 15.2 Å². The lowest BCUT2D eigenvalue weighted by molar-refractivity contribution is 0.0936. The van der Waals surface area contributed by atoms with Gasteiger partial charge in [-0.2, -0.15) is 0 Å². The first-order valence-corrected chi connectivity index (χ1v) is 7.27. The van der Waals surface area contributed by atoms with Gasteiger partial charge in [-0.1, -0.05) is 13.8 Å². The molecule has 4 N–H and O–H groups in total. The Labute approximate surface area is 127 Å². The molecule has 1 heterocycles. The summed E-state index contributed by atoms with van der Waals surface area (Å²) in [7, 11) is 4.04. The van der Waals surface area contributed by atoms with Crippen LogP contribution in [0.25, 0.3) is 0 Å². The van der Waals surface area contributed by atoms with Gasteiger partial charge in [0.1, 0.15) is 5.82 Å². The van der Waals surface area contributed by atoms with E-state index >= 15 is 0 Å². The normalized spacial score (nSPS) is 12.6. The van der Waals surface area contributed by atoms with Gasteiger partial charge in [0, 0.05) is 17.3 Å². The Bertz CT molecular complexity index is 473. The second kappa shape index (κ2) is 7.95. The van der Waals surface area contributed by atoms with E-state index in [0.717, 1.165) is 18.7 Å². The molecule has 0 radical (unpaired) electrons. The second-order valence-electron chi connectivity index (χ2n) is 5.93. The first kappa shape index (κ1) is 17.4. The van der Waals surface area contributed by atoms with Gasteiger partial charge >= 0.3 is 0 Å². The van der Waals surface area contributed by atoms with E-state index in [1.807, 2.05) is 40.9 Å². The molecule has 1 aromatic heterocycles. The van der Waals surface area contributed by atoms with Gasteiger partial charge in [-0.3, -0.25) is 4.79 Å². The zero-order valence-electron chi connectivity index (χ0n) is 13.6. The number of nitrogen functional groups attached to an aromatic ring is 1. The largest absolute Gasteiger partial charge is 0.350 e. The number of pyridine rings is 1. The topological polar surface area (TPSA) is 83.3 Å². The van der Waals surface area contributed by atoms with Crippen molar-refractivity contribution < 1.29 is 4.79 Å². The maximum Gasteiger partial charge on any atom is 0.251 e. The van der Waals surface area contributed by atoms with Crippen LogP contribution in [-0.4, -0.2) is 42.5 Å². The highest BCUT2D eigenvalue weighted by atomic mass is 16.1. The molecule has 1 atom stereocenters. The molecule has 0 aromatic carbocycles. The third-order valence-corrected chi connectivity index (χ3v) is 3.23. The number of aromatic nitrogens is 1. The second-order valence-corrected chi connectivity index (χ2v) is 5.93. The van der Waals surface area contributed by atoms with Gasteiger partial charge < -0.3 is 15.6 Å². The molecule has 1 amide bonds. The fourth-order valence-corrected chi connectivity index (χ4v) is 1.88. The summed E-state index contributed by atoms with van der Waals surface area (Å²) in [5.41, 5.74) is 3.94. The molecule has 0 aliphatic carbocycles. The van der Waals surface area contributed by atoms with Crippen molar-refractivity contribution >= 4 is 11.7 Å². The minimum Gasteiger partial charge on any atom is -0.350 e. The molecular formula is C15H27N5O. The van der Waals surface area contributed by atoms with E-state index in [9.17, 15) is 4.79 Å². The van der Waals surface area contributed by atoms with E-state index in [1.165, 1.54) is 0 Å². The van der Waals surface area contributed by atoms with Gasteiger partial charge in [0.15, 0.2) is 0 Å². The Hall–Kier alpha value is -1.66. The van der Waals surface area contributed by atoms with Crippen molar-refractivity contribution in [3.05, 3.63) is 23.4 Å². The predicted octanol–water partition coefficient (Wildman–Crippen LogP) is 1.56. The van der Waals surface area contributed by atoms with E-state index in [0.29, 0.717) is 11.4 Å². The van der Waals surface area contributed by atoms with Gasteiger partial charge in [-0.05, 0) is 52.0 Å². The van der Waals surface area contributed by atoms with Gasteiger partial charge in [-0.15, -0.1) is 0 Å². The first-order valence-electron chi connectivity index (χ1n) is 7.27. The molecule has 1 aromatic rings. The number of nitrogens with zero attached hydrogens (tertiary/aromatic N) is 2. The number of carbonyl (C=O) groups excluding carboxylic acids is 1. The van der Waals surface area contributed by atoms with Crippen LogP contribution in [-0.2, 0) is 0 Å². The molecule has 118 valence electrons. The number of nitrogens with two attached hydrogens (primary N) is 1. The van der Waals surface area contributed by atoms with Crippen molar-refractivity contribution in [2.45, 2.75) is 39.2 Å². The number of nitrogens with one attached hydrogen (secondary N) is 2. The molecular weight excluding hydrogens is 266 g/mol. The van der Waals surface area contributed by atoms with Crippen LogP contribution in [0, 0.1) is 0 Å². The summed E-state index contributed by atoms with van der Waals surface area (Å²) in [5, 5.41) is 3.01.